The number of carbonyl (C=O) groups excluding carboxylic acids is 1. The summed E-state index contributed by atoms with van der Waals surface area (Å²) in [5.41, 5.74) is 1.56. The quantitative estimate of drug-likeness (QED) is 0.753. The molecule has 5 rings (SSSR count). The van der Waals surface area contributed by atoms with Gasteiger partial charge in [0.2, 0.25) is 5.91 Å². The zero-order valence-electron chi connectivity index (χ0n) is 15.4. The van der Waals surface area contributed by atoms with E-state index < -0.39 is 11.0 Å². The van der Waals surface area contributed by atoms with E-state index in [2.05, 4.69) is 16.3 Å². The third-order valence-electron chi connectivity index (χ3n) is 7.48. The van der Waals surface area contributed by atoms with Crippen molar-refractivity contribution in [3.05, 3.63) is 28.8 Å². The topological polar surface area (TPSA) is 72.8 Å². The number of nitrogens with zero attached hydrogens (tertiary/aromatic N) is 1. The Balaban J connectivity index is 1.68. The lowest BCUT2D eigenvalue weighted by molar-refractivity contribution is -0.153. The number of fused-ring (bicyclic) bond motifs is 1. The van der Waals surface area contributed by atoms with Crippen molar-refractivity contribution in [1.82, 2.24) is 10.2 Å². The number of aliphatic hydroxyl groups is 1. The second-order valence-corrected chi connectivity index (χ2v) is 8.99. The Morgan fingerprint density at radius 2 is 2.12 bits per heavy atom. The molecule has 2 aliphatic carbocycles. The van der Waals surface area contributed by atoms with Crippen LogP contribution in [0.4, 0.5) is 0 Å². The summed E-state index contributed by atoms with van der Waals surface area (Å²) in [6, 6.07) is 3.96. The van der Waals surface area contributed by atoms with Crippen LogP contribution in [0, 0.1) is 12.8 Å². The number of piperidine rings is 1. The van der Waals surface area contributed by atoms with Crippen LogP contribution in [0.2, 0.25) is 0 Å². The highest BCUT2D eigenvalue weighted by Crippen LogP contribution is 2.56. The molecule has 1 aromatic rings. The van der Waals surface area contributed by atoms with E-state index in [0.717, 1.165) is 43.0 Å². The van der Waals surface area contributed by atoms with Gasteiger partial charge in [-0.3, -0.25) is 9.69 Å². The minimum absolute atomic E-state index is 0.0169. The van der Waals surface area contributed by atoms with Gasteiger partial charge in [0.15, 0.2) is 0 Å². The van der Waals surface area contributed by atoms with Crippen LogP contribution in [0.1, 0.15) is 48.8 Å². The van der Waals surface area contributed by atoms with Crippen LogP contribution >= 0.6 is 0 Å². The molecule has 1 saturated carbocycles. The molecule has 5 nitrogen and oxygen atoms in total. The van der Waals surface area contributed by atoms with Gasteiger partial charge in [0.05, 0.1) is 5.60 Å². The summed E-state index contributed by atoms with van der Waals surface area (Å²) in [4.78, 5) is 15.0. The summed E-state index contributed by atoms with van der Waals surface area (Å²) in [6.45, 7) is 4.44. The average Bonchev–Trinajstić information content (AvgIpc) is 3.40. The molecule has 1 amide bonds. The number of phenols is 1. The molecule has 2 bridgehead atoms. The molecule has 0 radical (unpaired) electrons. The molecule has 2 heterocycles. The number of phenolic OH excluding ortho intramolecular Hbond substituents is 1. The molecule has 5 heteroatoms. The smallest absolute Gasteiger partial charge is 0.221 e. The van der Waals surface area contributed by atoms with Gasteiger partial charge in [-0.2, -0.15) is 0 Å². The first-order valence-electron chi connectivity index (χ1n) is 9.99. The number of benzene rings is 1. The Labute approximate surface area is 154 Å². The summed E-state index contributed by atoms with van der Waals surface area (Å²) in [5, 5.41) is 25.4. The Hall–Kier alpha value is -1.59. The maximum Gasteiger partial charge on any atom is 0.221 e. The lowest BCUT2D eigenvalue weighted by Crippen LogP contribution is -2.71. The van der Waals surface area contributed by atoms with Crippen molar-refractivity contribution < 1.29 is 15.0 Å². The number of carbonyl (C=O) groups is 1. The van der Waals surface area contributed by atoms with Crippen LogP contribution in [-0.4, -0.2) is 52.3 Å². The summed E-state index contributed by atoms with van der Waals surface area (Å²) in [6.07, 6.45) is 5.07. The number of amides is 1. The van der Waals surface area contributed by atoms with Crippen LogP contribution in [0.3, 0.4) is 0 Å². The highest BCUT2D eigenvalue weighted by atomic mass is 16.3. The molecule has 140 valence electrons. The number of rotatable bonds is 2. The van der Waals surface area contributed by atoms with Gasteiger partial charge in [-0.15, -0.1) is 0 Å². The van der Waals surface area contributed by atoms with Crippen molar-refractivity contribution in [1.29, 1.82) is 0 Å². The van der Waals surface area contributed by atoms with Gasteiger partial charge in [0, 0.05) is 31.0 Å². The number of likely N-dealkylation sites (tertiary alicyclic amines) is 1. The van der Waals surface area contributed by atoms with Gasteiger partial charge in [-0.25, -0.2) is 0 Å². The molecule has 26 heavy (non-hydrogen) atoms. The van der Waals surface area contributed by atoms with Gasteiger partial charge < -0.3 is 15.5 Å². The monoisotopic (exact) mass is 356 g/mol. The van der Waals surface area contributed by atoms with Crippen molar-refractivity contribution in [3.8, 4) is 5.75 Å². The SMILES string of the molecule is Cc1cc2c(cc1O)C13CCN(CC4CC4)C(C2)C1(O)CCNC(=O)C3. The van der Waals surface area contributed by atoms with Gasteiger partial charge in [-0.05, 0) is 74.2 Å². The largest absolute Gasteiger partial charge is 0.508 e. The lowest BCUT2D eigenvalue weighted by atomic mass is 9.52. The molecule has 2 aliphatic heterocycles. The van der Waals surface area contributed by atoms with Crippen LogP contribution < -0.4 is 5.32 Å². The molecular weight excluding hydrogens is 328 g/mol. The molecule has 2 saturated heterocycles. The van der Waals surface area contributed by atoms with Crippen molar-refractivity contribution in [2.45, 2.75) is 62.5 Å². The number of aromatic hydroxyl groups is 1. The second kappa shape index (κ2) is 5.46. The Morgan fingerprint density at radius 3 is 2.88 bits per heavy atom. The number of hydrogen-bond donors (Lipinski definition) is 3. The molecule has 3 unspecified atom stereocenters. The molecule has 0 spiro atoms. The van der Waals surface area contributed by atoms with Crippen LogP contribution in [0.25, 0.3) is 0 Å². The lowest BCUT2D eigenvalue weighted by Gasteiger charge is -2.61. The average molecular weight is 356 g/mol. The van der Waals surface area contributed by atoms with Crippen LogP contribution in [0.15, 0.2) is 12.1 Å². The third-order valence-corrected chi connectivity index (χ3v) is 7.48. The molecule has 0 aromatic heterocycles. The van der Waals surface area contributed by atoms with Crippen LogP contribution in [0.5, 0.6) is 5.75 Å². The maximum atomic E-state index is 12.5. The van der Waals surface area contributed by atoms with E-state index in [1.54, 1.807) is 0 Å². The normalized spacial score (nSPS) is 36.7. The van der Waals surface area contributed by atoms with Crippen molar-refractivity contribution >= 4 is 5.91 Å². The Bertz CT molecular complexity index is 775. The summed E-state index contributed by atoms with van der Waals surface area (Å²) in [7, 11) is 0. The van der Waals surface area contributed by atoms with E-state index in [1.165, 1.54) is 18.4 Å². The predicted molar refractivity (Wildman–Crippen MR) is 98.1 cm³/mol. The molecule has 3 N–H and O–H groups in total. The minimum atomic E-state index is -0.923. The van der Waals surface area contributed by atoms with E-state index in [4.69, 9.17) is 0 Å². The summed E-state index contributed by atoms with van der Waals surface area (Å²) < 4.78 is 0. The van der Waals surface area contributed by atoms with Crippen LogP contribution in [-0.2, 0) is 16.6 Å². The van der Waals surface area contributed by atoms with E-state index in [9.17, 15) is 15.0 Å². The van der Waals surface area contributed by atoms with Crippen molar-refractivity contribution in [3.63, 3.8) is 0 Å². The fraction of sp³-hybridized carbons (Fsp3) is 0.667. The predicted octanol–water partition coefficient (Wildman–Crippen LogP) is 1.62. The molecule has 3 atom stereocenters. The number of nitrogens with one attached hydrogen (secondary N) is 1. The molecule has 1 aromatic carbocycles. The van der Waals surface area contributed by atoms with E-state index >= 15 is 0 Å². The number of hydrogen-bond acceptors (Lipinski definition) is 4. The standard InChI is InChI=1S/C21H28N2O3/c1-13-8-15-9-18-21(26)4-6-22-19(25)11-20(21,16(15)10-17(13)24)5-7-23(18)12-14-2-3-14/h8,10,14,18,24,26H,2-7,9,11-12H2,1H3,(H,22,25). The van der Waals surface area contributed by atoms with Gasteiger partial charge in [0.25, 0.3) is 0 Å². The van der Waals surface area contributed by atoms with Gasteiger partial charge >= 0.3 is 0 Å². The summed E-state index contributed by atoms with van der Waals surface area (Å²) >= 11 is 0. The second-order valence-electron chi connectivity index (χ2n) is 8.99. The van der Waals surface area contributed by atoms with Crippen molar-refractivity contribution in [2.24, 2.45) is 5.92 Å². The van der Waals surface area contributed by atoms with Crippen molar-refractivity contribution in [2.75, 3.05) is 19.6 Å². The van der Waals surface area contributed by atoms with E-state index in [1.807, 2.05) is 13.0 Å². The molecular formula is C21H28N2O3. The highest BCUT2D eigenvalue weighted by Gasteiger charge is 2.64. The van der Waals surface area contributed by atoms with Gasteiger partial charge in [-0.1, -0.05) is 6.07 Å². The Morgan fingerprint density at radius 1 is 1.31 bits per heavy atom. The summed E-state index contributed by atoms with van der Waals surface area (Å²) in [5.74, 6) is 1.06. The zero-order valence-corrected chi connectivity index (χ0v) is 15.4. The number of aryl methyl sites for hydroxylation is 1. The third kappa shape index (κ3) is 2.20. The fourth-order valence-corrected chi connectivity index (χ4v) is 5.89. The first kappa shape index (κ1) is 16.6. The Kier molecular flexibility index (Phi) is 3.48. The minimum Gasteiger partial charge on any atom is -0.508 e. The molecule has 3 fully saturated rings. The molecule has 4 aliphatic rings. The maximum absolute atomic E-state index is 12.5. The first-order valence-corrected chi connectivity index (χ1v) is 9.99. The zero-order chi connectivity index (χ0) is 18.1. The first-order chi connectivity index (χ1) is 12.4. The fourth-order valence-electron chi connectivity index (χ4n) is 5.89. The highest BCUT2D eigenvalue weighted by molar-refractivity contribution is 5.79. The van der Waals surface area contributed by atoms with E-state index in [0.29, 0.717) is 19.4 Å². The van der Waals surface area contributed by atoms with E-state index in [-0.39, 0.29) is 17.7 Å². The van der Waals surface area contributed by atoms with Gasteiger partial charge in [0.1, 0.15) is 5.75 Å².